The van der Waals surface area contributed by atoms with Gasteiger partial charge in [0, 0.05) is 30.9 Å². The molecule has 4 heteroatoms. The Labute approximate surface area is 144 Å². The van der Waals surface area contributed by atoms with E-state index in [1.165, 1.54) is 20.6 Å². The molecule has 3 aliphatic heterocycles. The number of anilines is 1. The lowest BCUT2D eigenvalue weighted by atomic mass is 10.2. The van der Waals surface area contributed by atoms with Gasteiger partial charge in [-0.2, -0.15) is 0 Å². The van der Waals surface area contributed by atoms with Crippen LogP contribution in [0.2, 0.25) is 0 Å². The van der Waals surface area contributed by atoms with Crippen LogP contribution < -0.4 is 14.8 Å². The SMILES string of the molecule is C1=CCN(c2ccc3nc4ccc(=[N+]5CC=CC5)cc-4sc3c2)C1. The van der Waals surface area contributed by atoms with Crippen LogP contribution in [-0.2, 0) is 0 Å². The van der Waals surface area contributed by atoms with Crippen molar-refractivity contribution in [2.75, 3.05) is 31.1 Å². The van der Waals surface area contributed by atoms with Crippen molar-refractivity contribution in [2.24, 2.45) is 0 Å². The Hall–Kier alpha value is -2.46. The number of rotatable bonds is 1. The number of benzene rings is 2. The molecule has 1 aromatic rings. The molecule has 0 fully saturated rings. The maximum atomic E-state index is 4.86. The van der Waals surface area contributed by atoms with Crippen LogP contribution in [0.4, 0.5) is 5.69 Å². The van der Waals surface area contributed by atoms with E-state index in [1.54, 1.807) is 0 Å². The Balaban J connectivity index is 1.66. The minimum atomic E-state index is 1.00. The van der Waals surface area contributed by atoms with Crippen LogP contribution in [0.5, 0.6) is 0 Å². The van der Waals surface area contributed by atoms with Gasteiger partial charge in [0.2, 0.25) is 5.36 Å². The Morgan fingerprint density at radius 1 is 0.917 bits per heavy atom. The summed E-state index contributed by atoms with van der Waals surface area (Å²) in [5, 5.41) is 1.28. The summed E-state index contributed by atoms with van der Waals surface area (Å²) in [7, 11) is 0. The lowest BCUT2D eigenvalue weighted by Crippen LogP contribution is -2.27. The Morgan fingerprint density at radius 2 is 1.75 bits per heavy atom. The van der Waals surface area contributed by atoms with Gasteiger partial charge in [-0.15, -0.1) is 11.3 Å². The molecule has 0 unspecified atom stereocenters. The van der Waals surface area contributed by atoms with Crippen LogP contribution >= 0.6 is 11.3 Å². The third-order valence-electron chi connectivity index (χ3n) is 4.71. The van der Waals surface area contributed by atoms with Crippen LogP contribution in [-0.4, -0.2) is 31.2 Å². The minimum absolute atomic E-state index is 1.00. The molecule has 1 aromatic carbocycles. The first-order valence-electron chi connectivity index (χ1n) is 8.34. The summed E-state index contributed by atoms with van der Waals surface area (Å²) >= 11 is 1.84. The fourth-order valence-corrected chi connectivity index (χ4v) is 4.41. The van der Waals surface area contributed by atoms with Gasteiger partial charge in [0.25, 0.3) is 0 Å². The van der Waals surface area contributed by atoms with Crippen molar-refractivity contribution in [1.82, 2.24) is 9.56 Å². The van der Waals surface area contributed by atoms with Gasteiger partial charge >= 0.3 is 0 Å². The summed E-state index contributed by atoms with van der Waals surface area (Å²) in [4.78, 5) is 8.49. The zero-order chi connectivity index (χ0) is 15.9. The quantitative estimate of drug-likeness (QED) is 0.387. The first-order valence-corrected chi connectivity index (χ1v) is 9.16. The summed E-state index contributed by atoms with van der Waals surface area (Å²) < 4.78 is 3.63. The molecule has 0 aromatic heterocycles. The highest BCUT2D eigenvalue weighted by Crippen LogP contribution is 2.32. The second-order valence-electron chi connectivity index (χ2n) is 6.27. The molecule has 0 bridgehead atoms. The number of nitrogens with zero attached hydrogens (tertiary/aromatic N) is 3. The van der Waals surface area contributed by atoms with Crippen molar-refractivity contribution in [3.63, 3.8) is 0 Å². The topological polar surface area (TPSA) is 19.1 Å². The highest BCUT2D eigenvalue weighted by atomic mass is 32.1. The number of hydrogen-bond acceptors (Lipinski definition) is 3. The van der Waals surface area contributed by atoms with E-state index in [0.29, 0.717) is 0 Å². The zero-order valence-corrected chi connectivity index (χ0v) is 14.2. The van der Waals surface area contributed by atoms with E-state index in [4.69, 9.17) is 4.98 Å². The molecule has 0 N–H and O–H groups in total. The standard InChI is InChI=1S/C20H18N3S/c1-2-10-22(9-1)15-5-7-17-19(13-15)24-20-14-16(6-8-18(20)21-17)23-11-3-4-12-23/h1-8,13-14H,9-12H2/q+1. The summed E-state index contributed by atoms with van der Waals surface area (Å²) in [6.45, 7) is 4.01. The molecule has 4 aliphatic rings. The highest BCUT2D eigenvalue weighted by Gasteiger charge is 2.14. The lowest BCUT2D eigenvalue weighted by molar-refractivity contribution is 0.720. The van der Waals surface area contributed by atoms with Crippen LogP contribution in [0.25, 0.3) is 20.8 Å². The van der Waals surface area contributed by atoms with E-state index in [1.807, 2.05) is 11.3 Å². The molecule has 0 amide bonds. The van der Waals surface area contributed by atoms with Crippen molar-refractivity contribution in [2.45, 2.75) is 0 Å². The smallest absolute Gasteiger partial charge is 0.202 e. The summed E-state index contributed by atoms with van der Waals surface area (Å²) in [6.07, 6.45) is 8.90. The predicted octanol–water partition coefficient (Wildman–Crippen LogP) is 3.12. The third kappa shape index (κ3) is 2.34. The fraction of sp³-hybridized carbons (Fsp3) is 0.200. The Bertz CT molecular complexity index is 1010. The molecule has 24 heavy (non-hydrogen) atoms. The number of fused-ring (bicyclic) bond motifs is 2. The van der Waals surface area contributed by atoms with E-state index >= 15 is 0 Å². The number of hydrogen-bond donors (Lipinski definition) is 0. The summed E-state index contributed by atoms with van der Waals surface area (Å²) in [6, 6.07) is 13.2. The molecule has 0 spiro atoms. The summed E-state index contributed by atoms with van der Waals surface area (Å²) in [5.74, 6) is 0. The minimum Gasteiger partial charge on any atom is -0.364 e. The van der Waals surface area contributed by atoms with Gasteiger partial charge in [0.05, 0.1) is 20.8 Å². The monoisotopic (exact) mass is 332 g/mol. The average Bonchev–Trinajstić information content (AvgIpc) is 3.32. The molecule has 3 heterocycles. The van der Waals surface area contributed by atoms with E-state index in [2.05, 4.69) is 70.2 Å². The van der Waals surface area contributed by atoms with Crippen LogP contribution in [0.3, 0.4) is 0 Å². The van der Waals surface area contributed by atoms with Crippen LogP contribution in [0.1, 0.15) is 0 Å². The van der Waals surface area contributed by atoms with Gasteiger partial charge in [-0.25, -0.2) is 9.56 Å². The fourth-order valence-electron chi connectivity index (χ4n) is 3.37. The summed E-state index contributed by atoms with van der Waals surface area (Å²) in [5.41, 5.74) is 3.45. The molecule has 118 valence electrons. The first-order chi connectivity index (χ1) is 11.9. The zero-order valence-electron chi connectivity index (χ0n) is 13.4. The second kappa shape index (κ2) is 5.56. The van der Waals surface area contributed by atoms with E-state index in [0.717, 1.165) is 37.4 Å². The second-order valence-corrected chi connectivity index (χ2v) is 7.35. The van der Waals surface area contributed by atoms with Crippen molar-refractivity contribution in [1.29, 1.82) is 0 Å². The van der Waals surface area contributed by atoms with Crippen molar-refractivity contribution < 1.29 is 0 Å². The van der Waals surface area contributed by atoms with Crippen LogP contribution in [0.15, 0.2) is 60.7 Å². The molecule has 1 aliphatic carbocycles. The van der Waals surface area contributed by atoms with Gasteiger partial charge in [-0.1, -0.05) is 12.2 Å². The van der Waals surface area contributed by atoms with E-state index in [9.17, 15) is 0 Å². The molecule has 0 radical (unpaired) electrons. The molecule has 0 saturated heterocycles. The van der Waals surface area contributed by atoms with E-state index in [-0.39, 0.29) is 0 Å². The lowest BCUT2D eigenvalue weighted by Gasteiger charge is -2.18. The predicted molar refractivity (Wildman–Crippen MR) is 102 cm³/mol. The molecular weight excluding hydrogens is 314 g/mol. The maximum Gasteiger partial charge on any atom is 0.202 e. The van der Waals surface area contributed by atoms with Gasteiger partial charge in [-0.05, 0) is 36.4 Å². The normalized spacial score (nSPS) is 16.8. The third-order valence-corrected chi connectivity index (χ3v) is 5.81. The largest absolute Gasteiger partial charge is 0.364 e. The maximum absolute atomic E-state index is 4.86. The van der Waals surface area contributed by atoms with Crippen molar-refractivity contribution >= 4 is 27.2 Å². The first kappa shape index (κ1) is 13.9. The van der Waals surface area contributed by atoms with Gasteiger partial charge < -0.3 is 4.90 Å². The van der Waals surface area contributed by atoms with Crippen molar-refractivity contribution in [3.05, 3.63) is 66.1 Å². The average molecular weight is 332 g/mol. The number of aromatic nitrogens is 1. The molecule has 3 nitrogen and oxygen atoms in total. The molecule has 0 saturated carbocycles. The van der Waals surface area contributed by atoms with Gasteiger partial charge in [-0.3, -0.25) is 0 Å². The highest BCUT2D eigenvalue weighted by molar-refractivity contribution is 7.21. The molecule has 0 atom stereocenters. The van der Waals surface area contributed by atoms with Crippen molar-refractivity contribution in [3.8, 4) is 10.6 Å². The Morgan fingerprint density at radius 3 is 2.58 bits per heavy atom. The Kier molecular flexibility index (Phi) is 3.23. The van der Waals surface area contributed by atoms with Crippen LogP contribution in [0, 0.1) is 0 Å². The molecular formula is C20H18N3S+. The van der Waals surface area contributed by atoms with Gasteiger partial charge in [0.15, 0.2) is 13.1 Å². The van der Waals surface area contributed by atoms with E-state index < -0.39 is 0 Å². The van der Waals surface area contributed by atoms with Gasteiger partial charge in [0.1, 0.15) is 0 Å². The molecule has 5 rings (SSSR count).